The molecule has 8 heteroatoms. The Kier molecular flexibility index (Phi) is 2.15. The van der Waals surface area contributed by atoms with Crippen LogP contribution < -0.4 is 10.1 Å². The highest BCUT2D eigenvalue weighted by molar-refractivity contribution is 7.92. The molecule has 2 aliphatic rings. The monoisotopic (exact) mass is 256 g/mol. The zero-order valence-electron chi connectivity index (χ0n) is 8.96. The Morgan fingerprint density at radius 3 is 3.06 bits per heavy atom. The predicted molar refractivity (Wildman–Crippen MR) is 59.4 cm³/mol. The number of sulfonamides is 1. The quantitative estimate of drug-likeness (QED) is 0.649. The average Bonchev–Trinajstić information content (AvgIpc) is 2.85. The van der Waals surface area contributed by atoms with Crippen molar-refractivity contribution in [3.8, 4) is 0 Å². The number of nitrogens with one attached hydrogen (secondary N) is 2. The fourth-order valence-corrected chi connectivity index (χ4v) is 3.76. The molecule has 0 saturated heterocycles. The minimum Gasteiger partial charge on any atom is -0.348 e. The molecule has 1 aromatic heterocycles. The highest BCUT2D eigenvalue weighted by Crippen LogP contribution is 2.26. The van der Waals surface area contributed by atoms with Crippen LogP contribution >= 0.6 is 0 Å². The summed E-state index contributed by atoms with van der Waals surface area (Å²) in [5, 5.41) is 6.20. The van der Waals surface area contributed by atoms with Crippen molar-refractivity contribution in [3.05, 3.63) is 18.0 Å². The van der Waals surface area contributed by atoms with E-state index in [9.17, 15) is 13.2 Å². The zero-order valence-corrected chi connectivity index (χ0v) is 9.77. The van der Waals surface area contributed by atoms with Crippen LogP contribution in [0.2, 0.25) is 0 Å². The summed E-state index contributed by atoms with van der Waals surface area (Å²) >= 11 is 0. The molecule has 1 amide bonds. The number of carbonyl (C=O) groups excluding carboxylic acids is 1. The first kappa shape index (κ1) is 10.6. The molecule has 92 valence electrons. The van der Waals surface area contributed by atoms with Gasteiger partial charge in [0.25, 0.3) is 5.91 Å². The first-order valence-electron chi connectivity index (χ1n) is 5.43. The van der Waals surface area contributed by atoms with Gasteiger partial charge in [0, 0.05) is 6.04 Å². The van der Waals surface area contributed by atoms with E-state index >= 15 is 0 Å². The van der Waals surface area contributed by atoms with Crippen LogP contribution in [0.15, 0.2) is 12.3 Å². The first-order valence-corrected chi connectivity index (χ1v) is 6.97. The summed E-state index contributed by atoms with van der Waals surface area (Å²) in [6, 6.07) is 1.41. The van der Waals surface area contributed by atoms with Crippen molar-refractivity contribution >= 4 is 15.9 Å². The third-order valence-electron chi connectivity index (χ3n) is 3.20. The Morgan fingerprint density at radius 1 is 1.41 bits per heavy atom. The standard InChI is InChI=1S/C9H12N4O3S/c14-9-8-3-4-13(11-8)12-17(15,16)7-2-1-6(5-7)10-9/h3-4,6-7,12H,1-2,5H2,(H,10,14). The number of hydrogen-bond acceptors (Lipinski definition) is 4. The van der Waals surface area contributed by atoms with Gasteiger partial charge in [-0.25, -0.2) is 13.2 Å². The first-order chi connectivity index (χ1) is 8.04. The molecule has 17 heavy (non-hydrogen) atoms. The maximum Gasteiger partial charge on any atom is 0.272 e. The Hall–Kier alpha value is -1.57. The van der Waals surface area contributed by atoms with E-state index < -0.39 is 15.3 Å². The molecule has 1 aliphatic heterocycles. The number of aromatic nitrogens is 2. The lowest BCUT2D eigenvalue weighted by atomic mass is 10.2. The molecular weight excluding hydrogens is 244 g/mol. The van der Waals surface area contributed by atoms with E-state index in [2.05, 4.69) is 15.2 Å². The number of rotatable bonds is 0. The number of amides is 1. The summed E-state index contributed by atoms with van der Waals surface area (Å²) < 4.78 is 24.0. The van der Waals surface area contributed by atoms with Crippen LogP contribution in [0.4, 0.5) is 0 Å². The second-order valence-corrected chi connectivity index (χ2v) is 6.33. The lowest BCUT2D eigenvalue weighted by Gasteiger charge is -2.16. The van der Waals surface area contributed by atoms with Crippen molar-refractivity contribution in [1.29, 1.82) is 0 Å². The SMILES string of the molecule is O=C1NC2CCC(C2)S(=O)(=O)Nn2ccc1n2. The van der Waals surface area contributed by atoms with Crippen molar-refractivity contribution in [3.63, 3.8) is 0 Å². The molecule has 2 N–H and O–H groups in total. The van der Waals surface area contributed by atoms with Gasteiger partial charge in [-0.2, -0.15) is 4.79 Å². The molecule has 1 saturated carbocycles. The molecule has 2 heterocycles. The van der Waals surface area contributed by atoms with Gasteiger partial charge in [0.05, 0.1) is 11.4 Å². The Labute approximate surface area is 98.2 Å². The molecule has 1 aliphatic carbocycles. The van der Waals surface area contributed by atoms with Crippen LogP contribution in [0, 0.1) is 0 Å². The van der Waals surface area contributed by atoms with Gasteiger partial charge in [-0.3, -0.25) is 4.79 Å². The van der Waals surface area contributed by atoms with Gasteiger partial charge >= 0.3 is 0 Å². The summed E-state index contributed by atoms with van der Waals surface area (Å²) in [6.45, 7) is 0. The molecule has 7 nitrogen and oxygen atoms in total. The maximum absolute atomic E-state index is 12.0. The normalized spacial score (nSPS) is 30.5. The predicted octanol–water partition coefficient (Wildman–Crippen LogP) is -0.579. The lowest BCUT2D eigenvalue weighted by Crippen LogP contribution is -2.38. The van der Waals surface area contributed by atoms with E-state index in [1.165, 1.54) is 12.3 Å². The Morgan fingerprint density at radius 2 is 2.24 bits per heavy atom. The third kappa shape index (κ3) is 1.78. The fraction of sp³-hybridized carbons (Fsp3) is 0.556. The second-order valence-electron chi connectivity index (χ2n) is 4.39. The van der Waals surface area contributed by atoms with Gasteiger partial charge in [-0.05, 0) is 25.3 Å². The molecule has 3 rings (SSSR count). The molecule has 0 radical (unpaired) electrons. The lowest BCUT2D eigenvalue weighted by molar-refractivity contribution is 0.0932. The van der Waals surface area contributed by atoms with Crippen LogP contribution in [0.25, 0.3) is 0 Å². The van der Waals surface area contributed by atoms with Gasteiger partial charge in [0.1, 0.15) is 0 Å². The number of hydrogen-bond donors (Lipinski definition) is 2. The van der Waals surface area contributed by atoms with E-state index in [-0.39, 0.29) is 17.6 Å². The highest BCUT2D eigenvalue weighted by Gasteiger charge is 2.36. The molecular formula is C9H12N4O3S. The van der Waals surface area contributed by atoms with Gasteiger partial charge in [-0.1, -0.05) is 0 Å². The largest absolute Gasteiger partial charge is 0.348 e. The van der Waals surface area contributed by atoms with Crippen LogP contribution in [-0.4, -0.2) is 35.5 Å². The van der Waals surface area contributed by atoms with Gasteiger partial charge in [0.15, 0.2) is 5.69 Å². The maximum atomic E-state index is 12.0. The molecule has 2 unspecified atom stereocenters. The van der Waals surface area contributed by atoms with Crippen molar-refractivity contribution in [2.45, 2.75) is 30.6 Å². The van der Waals surface area contributed by atoms with Crippen molar-refractivity contribution in [1.82, 2.24) is 15.2 Å². The molecule has 1 aromatic rings. The smallest absolute Gasteiger partial charge is 0.272 e. The van der Waals surface area contributed by atoms with Crippen LogP contribution in [0.3, 0.4) is 0 Å². The molecule has 2 atom stereocenters. The Bertz CT molecular complexity index is 565. The summed E-state index contributed by atoms with van der Waals surface area (Å²) in [4.78, 5) is 15.2. The van der Waals surface area contributed by atoms with Gasteiger partial charge < -0.3 is 5.32 Å². The van der Waals surface area contributed by atoms with E-state index in [0.29, 0.717) is 19.3 Å². The highest BCUT2D eigenvalue weighted by atomic mass is 32.2. The van der Waals surface area contributed by atoms with E-state index in [1.54, 1.807) is 0 Å². The topological polar surface area (TPSA) is 93.1 Å². The third-order valence-corrected chi connectivity index (χ3v) is 4.95. The van der Waals surface area contributed by atoms with Crippen molar-refractivity contribution in [2.24, 2.45) is 0 Å². The summed E-state index contributed by atoms with van der Waals surface area (Å²) in [6.07, 6.45) is 3.13. The van der Waals surface area contributed by atoms with Crippen molar-refractivity contribution in [2.75, 3.05) is 4.83 Å². The zero-order chi connectivity index (χ0) is 12.0. The van der Waals surface area contributed by atoms with Gasteiger partial charge in [0.2, 0.25) is 10.0 Å². The van der Waals surface area contributed by atoms with Gasteiger partial charge in [-0.15, -0.1) is 5.10 Å². The number of nitrogens with zero attached hydrogens (tertiary/aromatic N) is 2. The van der Waals surface area contributed by atoms with E-state index in [0.717, 1.165) is 4.79 Å². The second kappa shape index (κ2) is 3.46. The molecule has 4 bridgehead atoms. The van der Waals surface area contributed by atoms with Crippen LogP contribution in [0.1, 0.15) is 29.8 Å². The Balaban J connectivity index is 2.04. The van der Waals surface area contributed by atoms with Crippen LogP contribution in [-0.2, 0) is 10.0 Å². The average molecular weight is 256 g/mol. The molecule has 0 spiro atoms. The van der Waals surface area contributed by atoms with Crippen LogP contribution in [0.5, 0.6) is 0 Å². The minimum atomic E-state index is -3.42. The van der Waals surface area contributed by atoms with E-state index in [1.807, 2.05) is 0 Å². The molecule has 1 fully saturated rings. The summed E-state index contributed by atoms with van der Waals surface area (Å²) in [5.74, 6) is -0.254. The molecule has 0 aromatic carbocycles. The summed E-state index contributed by atoms with van der Waals surface area (Å²) in [7, 11) is -3.42. The fourth-order valence-electron chi connectivity index (χ4n) is 2.31. The summed E-state index contributed by atoms with van der Waals surface area (Å²) in [5.41, 5.74) is 0.220. The van der Waals surface area contributed by atoms with E-state index in [4.69, 9.17) is 0 Å². The number of carbonyl (C=O) groups is 1. The van der Waals surface area contributed by atoms with Crippen molar-refractivity contribution < 1.29 is 13.2 Å². The number of fused-ring (bicyclic) bond motifs is 4. The minimum absolute atomic E-state index is 0.0766.